The maximum atomic E-state index is 5.55. The predicted molar refractivity (Wildman–Crippen MR) is 74.9 cm³/mol. The first-order chi connectivity index (χ1) is 8.29. The van der Waals surface area contributed by atoms with Gasteiger partial charge in [0.05, 0.1) is 6.61 Å². The monoisotopic (exact) mass is 251 g/mol. The van der Waals surface area contributed by atoms with Crippen molar-refractivity contribution in [3.8, 4) is 5.75 Å². The van der Waals surface area contributed by atoms with E-state index < -0.39 is 0 Å². The zero-order valence-electron chi connectivity index (χ0n) is 10.4. The predicted octanol–water partition coefficient (Wildman–Crippen LogP) is 2.63. The van der Waals surface area contributed by atoms with Crippen molar-refractivity contribution in [3.05, 3.63) is 29.3 Å². The first-order valence-electron chi connectivity index (χ1n) is 6.36. The topological polar surface area (TPSA) is 35.2 Å². The van der Waals surface area contributed by atoms with E-state index in [-0.39, 0.29) is 0 Å². The van der Waals surface area contributed by atoms with Crippen LogP contribution in [0.2, 0.25) is 0 Å². The molecule has 0 radical (unpaired) electrons. The highest BCUT2D eigenvalue weighted by molar-refractivity contribution is 7.99. The Morgan fingerprint density at radius 1 is 1.47 bits per heavy atom. The molecule has 0 fully saturated rings. The summed E-state index contributed by atoms with van der Waals surface area (Å²) in [4.78, 5) is 0. The SMILES string of the molecule is CC(CCN)SCCc1ccc2c(c1)CCO2. The number of aryl methyl sites for hydroxylation is 1. The lowest BCUT2D eigenvalue weighted by molar-refractivity contribution is 0.357. The van der Waals surface area contributed by atoms with E-state index in [1.807, 2.05) is 11.8 Å². The number of rotatable bonds is 6. The molecule has 1 aromatic carbocycles. The highest BCUT2D eigenvalue weighted by Crippen LogP contribution is 2.26. The van der Waals surface area contributed by atoms with Gasteiger partial charge < -0.3 is 10.5 Å². The molecular weight excluding hydrogens is 230 g/mol. The fourth-order valence-electron chi connectivity index (χ4n) is 2.09. The molecule has 3 heteroatoms. The minimum absolute atomic E-state index is 0.678. The molecule has 2 nitrogen and oxygen atoms in total. The standard InChI is InChI=1S/C14H21NOS/c1-11(4-7-15)17-9-6-12-2-3-14-13(10-12)5-8-16-14/h2-3,10-11H,4-9,15H2,1H3. The second kappa shape index (κ2) is 6.31. The molecule has 17 heavy (non-hydrogen) atoms. The van der Waals surface area contributed by atoms with Crippen LogP contribution in [-0.4, -0.2) is 24.2 Å². The second-order valence-corrected chi connectivity index (χ2v) is 6.10. The number of thioether (sulfide) groups is 1. The van der Waals surface area contributed by atoms with Crippen LogP contribution in [0.25, 0.3) is 0 Å². The first kappa shape index (κ1) is 12.8. The lowest BCUT2D eigenvalue weighted by atomic mass is 10.1. The Morgan fingerprint density at radius 3 is 3.18 bits per heavy atom. The maximum absolute atomic E-state index is 5.55. The Kier molecular flexibility index (Phi) is 4.75. The summed E-state index contributed by atoms with van der Waals surface area (Å²) in [6, 6.07) is 6.61. The number of ether oxygens (including phenoxy) is 1. The molecule has 1 aromatic rings. The van der Waals surface area contributed by atoms with Gasteiger partial charge in [-0.15, -0.1) is 0 Å². The summed E-state index contributed by atoms with van der Waals surface area (Å²) in [5.74, 6) is 2.26. The van der Waals surface area contributed by atoms with E-state index in [2.05, 4.69) is 25.1 Å². The molecule has 1 aliphatic heterocycles. The Bertz CT molecular complexity index is 367. The van der Waals surface area contributed by atoms with Crippen molar-refractivity contribution in [1.29, 1.82) is 0 Å². The fraction of sp³-hybridized carbons (Fsp3) is 0.571. The Morgan fingerprint density at radius 2 is 2.35 bits per heavy atom. The Hall–Kier alpha value is -0.670. The van der Waals surface area contributed by atoms with Gasteiger partial charge in [0.15, 0.2) is 0 Å². The third-order valence-electron chi connectivity index (χ3n) is 3.12. The van der Waals surface area contributed by atoms with E-state index in [0.29, 0.717) is 5.25 Å². The molecule has 1 heterocycles. The third kappa shape index (κ3) is 3.65. The van der Waals surface area contributed by atoms with E-state index in [1.54, 1.807) is 0 Å². The molecule has 0 aliphatic carbocycles. The molecule has 0 aromatic heterocycles. The number of hydrogen-bond donors (Lipinski definition) is 1. The summed E-state index contributed by atoms with van der Waals surface area (Å²) in [5, 5.41) is 0.678. The number of fused-ring (bicyclic) bond motifs is 1. The quantitative estimate of drug-likeness (QED) is 0.844. The summed E-state index contributed by atoms with van der Waals surface area (Å²) in [6.45, 7) is 3.90. The number of nitrogens with two attached hydrogens (primary N) is 1. The lowest BCUT2D eigenvalue weighted by Gasteiger charge is -2.09. The minimum Gasteiger partial charge on any atom is -0.493 e. The largest absolute Gasteiger partial charge is 0.493 e. The van der Waals surface area contributed by atoms with Gasteiger partial charge in [0.2, 0.25) is 0 Å². The average Bonchev–Trinajstić information content (AvgIpc) is 2.76. The van der Waals surface area contributed by atoms with Gasteiger partial charge in [0.1, 0.15) is 5.75 Å². The van der Waals surface area contributed by atoms with Gasteiger partial charge in [0, 0.05) is 11.7 Å². The van der Waals surface area contributed by atoms with E-state index in [0.717, 1.165) is 38.2 Å². The summed E-state index contributed by atoms with van der Waals surface area (Å²) in [6.07, 6.45) is 3.33. The van der Waals surface area contributed by atoms with E-state index in [4.69, 9.17) is 10.5 Å². The molecular formula is C14H21NOS. The van der Waals surface area contributed by atoms with E-state index in [9.17, 15) is 0 Å². The molecule has 1 atom stereocenters. The fourth-order valence-corrected chi connectivity index (χ4v) is 3.15. The van der Waals surface area contributed by atoms with Crippen LogP contribution in [-0.2, 0) is 12.8 Å². The van der Waals surface area contributed by atoms with Crippen molar-refractivity contribution in [2.75, 3.05) is 18.9 Å². The summed E-state index contributed by atoms with van der Waals surface area (Å²) >= 11 is 2.02. The van der Waals surface area contributed by atoms with Crippen LogP contribution in [0.1, 0.15) is 24.5 Å². The third-order valence-corrected chi connectivity index (χ3v) is 4.36. The summed E-state index contributed by atoms with van der Waals surface area (Å²) < 4.78 is 5.51. The molecule has 0 saturated heterocycles. The van der Waals surface area contributed by atoms with Crippen LogP contribution in [0.4, 0.5) is 0 Å². The normalized spacial score (nSPS) is 15.4. The van der Waals surface area contributed by atoms with Crippen molar-refractivity contribution in [2.24, 2.45) is 5.73 Å². The van der Waals surface area contributed by atoms with E-state index in [1.165, 1.54) is 16.9 Å². The van der Waals surface area contributed by atoms with E-state index >= 15 is 0 Å². The van der Waals surface area contributed by atoms with Gasteiger partial charge in [-0.05, 0) is 42.3 Å². The van der Waals surface area contributed by atoms with Crippen molar-refractivity contribution in [2.45, 2.75) is 31.4 Å². The van der Waals surface area contributed by atoms with Crippen LogP contribution >= 0.6 is 11.8 Å². The Labute approximate surface area is 108 Å². The minimum atomic E-state index is 0.678. The highest BCUT2D eigenvalue weighted by atomic mass is 32.2. The van der Waals surface area contributed by atoms with Crippen molar-refractivity contribution in [1.82, 2.24) is 0 Å². The van der Waals surface area contributed by atoms with Gasteiger partial charge in [-0.3, -0.25) is 0 Å². The smallest absolute Gasteiger partial charge is 0.122 e. The van der Waals surface area contributed by atoms with Gasteiger partial charge in [0.25, 0.3) is 0 Å². The van der Waals surface area contributed by atoms with Crippen molar-refractivity contribution < 1.29 is 4.74 Å². The zero-order valence-corrected chi connectivity index (χ0v) is 11.3. The van der Waals surface area contributed by atoms with Crippen LogP contribution in [0.5, 0.6) is 5.75 Å². The van der Waals surface area contributed by atoms with Gasteiger partial charge in [-0.1, -0.05) is 19.1 Å². The Balaban J connectivity index is 1.79. The lowest BCUT2D eigenvalue weighted by Crippen LogP contribution is -2.08. The second-order valence-electron chi connectivity index (χ2n) is 4.55. The van der Waals surface area contributed by atoms with Crippen molar-refractivity contribution >= 4 is 11.8 Å². The molecule has 0 amide bonds. The molecule has 2 rings (SSSR count). The molecule has 1 aliphatic rings. The maximum Gasteiger partial charge on any atom is 0.122 e. The zero-order chi connectivity index (χ0) is 12.1. The first-order valence-corrected chi connectivity index (χ1v) is 7.40. The highest BCUT2D eigenvalue weighted by Gasteiger charge is 2.11. The van der Waals surface area contributed by atoms with Crippen LogP contribution in [0, 0.1) is 0 Å². The average molecular weight is 251 g/mol. The molecule has 0 bridgehead atoms. The van der Waals surface area contributed by atoms with Crippen LogP contribution < -0.4 is 10.5 Å². The van der Waals surface area contributed by atoms with Crippen LogP contribution in [0.3, 0.4) is 0 Å². The number of hydrogen-bond acceptors (Lipinski definition) is 3. The molecule has 94 valence electrons. The number of benzene rings is 1. The summed E-state index contributed by atoms with van der Waals surface area (Å²) in [7, 11) is 0. The van der Waals surface area contributed by atoms with Gasteiger partial charge >= 0.3 is 0 Å². The van der Waals surface area contributed by atoms with Crippen LogP contribution in [0.15, 0.2) is 18.2 Å². The van der Waals surface area contributed by atoms with Gasteiger partial charge in [-0.2, -0.15) is 11.8 Å². The molecule has 0 saturated carbocycles. The molecule has 1 unspecified atom stereocenters. The molecule has 0 spiro atoms. The van der Waals surface area contributed by atoms with Gasteiger partial charge in [-0.25, -0.2) is 0 Å². The van der Waals surface area contributed by atoms with Crippen molar-refractivity contribution in [3.63, 3.8) is 0 Å². The summed E-state index contributed by atoms with van der Waals surface area (Å²) in [5.41, 5.74) is 8.36. The molecule has 2 N–H and O–H groups in total.